The predicted octanol–water partition coefficient (Wildman–Crippen LogP) is 4.28. The molecule has 0 spiro atoms. The van der Waals surface area contributed by atoms with Gasteiger partial charge in [-0.25, -0.2) is 0 Å². The summed E-state index contributed by atoms with van der Waals surface area (Å²) >= 11 is 1.31. The number of hydrogen-bond donors (Lipinski definition) is 2. The van der Waals surface area contributed by atoms with Crippen LogP contribution in [0.4, 0.5) is 8.78 Å². The van der Waals surface area contributed by atoms with Gasteiger partial charge in [-0.2, -0.15) is 8.78 Å². The fourth-order valence-corrected chi connectivity index (χ4v) is 4.56. The molecule has 29 heavy (non-hydrogen) atoms. The highest BCUT2D eigenvalue weighted by Crippen LogP contribution is 2.32. The minimum absolute atomic E-state index is 0.0870. The number of fused-ring (bicyclic) bond motifs is 1. The molecule has 2 N–H and O–H groups in total. The van der Waals surface area contributed by atoms with E-state index in [1.165, 1.54) is 23.5 Å². The second-order valence-electron chi connectivity index (χ2n) is 7.08. The lowest BCUT2D eigenvalue weighted by molar-refractivity contribution is -0.0498. The summed E-state index contributed by atoms with van der Waals surface area (Å²) in [5, 5.41) is 13.0. The zero-order valence-corrected chi connectivity index (χ0v) is 16.2. The van der Waals surface area contributed by atoms with Crippen molar-refractivity contribution in [1.82, 2.24) is 5.32 Å². The number of benzene rings is 2. The molecule has 0 aliphatic heterocycles. The van der Waals surface area contributed by atoms with Crippen LogP contribution in [-0.2, 0) is 12.8 Å². The topological polar surface area (TPSA) is 58.6 Å². The molecule has 0 radical (unpaired) electrons. The van der Waals surface area contributed by atoms with Crippen LogP contribution in [0.2, 0.25) is 0 Å². The first kappa shape index (κ1) is 19.5. The Morgan fingerprint density at radius 1 is 1.07 bits per heavy atom. The summed E-state index contributed by atoms with van der Waals surface area (Å²) in [6.07, 6.45) is 1.19. The van der Waals surface area contributed by atoms with Crippen molar-refractivity contribution in [3.05, 3.63) is 76.7 Å². The van der Waals surface area contributed by atoms with Crippen molar-refractivity contribution >= 4 is 17.2 Å². The van der Waals surface area contributed by atoms with Crippen molar-refractivity contribution in [3.63, 3.8) is 0 Å². The van der Waals surface area contributed by atoms with Gasteiger partial charge < -0.3 is 15.2 Å². The summed E-state index contributed by atoms with van der Waals surface area (Å²) in [5.41, 5.74) is 2.39. The van der Waals surface area contributed by atoms with Crippen molar-refractivity contribution in [3.8, 4) is 16.2 Å². The average Bonchev–Trinajstić information content (AvgIpc) is 3.33. The van der Waals surface area contributed by atoms with Crippen LogP contribution in [0, 0.1) is 0 Å². The van der Waals surface area contributed by atoms with Crippen LogP contribution >= 0.6 is 11.3 Å². The maximum atomic E-state index is 12.8. The summed E-state index contributed by atoms with van der Waals surface area (Å²) in [4.78, 5) is 14.2. The highest BCUT2D eigenvalue weighted by molar-refractivity contribution is 7.17. The molecule has 2 aromatic carbocycles. The molecule has 1 aliphatic carbocycles. The van der Waals surface area contributed by atoms with Crippen LogP contribution in [-0.4, -0.2) is 29.8 Å². The Bertz CT molecular complexity index is 992. The molecular weight excluding hydrogens is 396 g/mol. The van der Waals surface area contributed by atoms with E-state index in [0.29, 0.717) is 17.7 Å². The highest BCUT2D eigenvalue weighted by Gasteiger charge is 2.38. The number of aliphatic hydroxyl groups is 1. The molecule has 4 rings (SSSR count). The third kappa shape index (κ3) is 4.16. The van der Waals surface area contributed by atoms with Gasteiger partial charge in [0.1, 0.15) is 5.75 Å². The molecule has 0 bridgehead atoms. The molecule has 1 heterocycles. The lowest BCUT2D eigenvalue weighted by Crippen LogP contribution is -2.52. The van der Waals surface area contributed by atoms with Crippen LogP contribution in [0.1, 0.15) is 20.8 Å². The van der Waals surface area contributed by atoms with Gasteiger partial charge in [-0.1, -0.05) is 24.3 Å². The Balaban J connectivity index is 1.47. The number of carbonyl (C=O) groups excluding carboxylic acids is 1. The molecule has 4 nitrogen and oxygen atoms in total. The summed E-state index contributed by atoms with van der Waals surface area (Å²) in [6, 6.07) is 17.8. The van der Waals surface area contributed by atoms with Crippen molar-refractivity contribution in [2.45, 2.75) is 25.0 Å². The van der Waals surface area contributed by atoms with Crippen LogP contribution in [0.3, 0.4) is 0 Å². The summed E-state index contributed by atoms with van der Waals surface area (Å²) in [7, 11) is 0. The molecule has 0 saturated heterocycles. The zero-order chi connectivity index (χ0) is 20.4. The monoisotopic (exact) mass is 415 g/mol. The van der Waals surface area contributed by atoms with Gasteiger partial charge in [0.15, 0.2) is 0 Å². The van der Waals surface area contributed by atoms with Crippen LogP contribution < -0.4 is 10.1 Å². The van der Waals surface area contributed by atoms with E-state index in [1.54, 1.807) is 18.2 Å². The maximum Gasteiger partial charge on any atom is 0.387 e. The zero-order valence-electron chi connectivity index (χ0n) is 15.4. The van der Waals surface area contributed by atoms with E-state index in [-0.39, 0.29) is 18.3 Å². The van der Waals surface area contributed by atoms with Gasteiger partial charge in [-0.15, -0.1) is 11.3 Å². The molecule has 0 fully saturated rings. The number of carbonyl (C=O) groups is 1. The first-order chi connectivity index (χ1) is 14.0. The molecular formula is C22H19F2NO3S. The van der Waals surface area contributed by atoms with Crippen molar-refractivity contribution < 1.29 is 23.4 Å². The third-order valence-electron chi connectivity index (χ3n) is 5.05. The Labute approximate surface area is 170 Å². The number of rotatable bonds is 6. The number of nitrogens with one attached hydrogen (secondary N) is 1. The first-order valence-corrected chi connectivity index (χ1v) is 9.95. The Kier molecular flexibility index (Phi) is 5.34. The van der Waals surface area contributed by atoms with Crippen molar-refractivity contribution in [2.24, 2.45) is 0 Å². The highest BCUT2D eigenvalue weighted by atomic mass is 32.1. The second-order valence-corrected chi connectivity index (χ2v) is 8.17. The minimum atomic E-state index is -2.86. The summed E-state index contributed by atoms with van der Waals surface area (Å²) in [6.45, 7) is -3.00. The molecule has 1 amide bonds. The Hall–Kier alpha value is -2.77. The largest absolute Gasteiger partial charge is 0.435 e. The molecule has 1 aliphatic rings. The van der Waals surface area contributed by atoms with Crippen molar-refractivity contribution in [1.29, 1.82) is 0 Å². The smallest absolute Gasteiger partial charge is 0.387 e. The van der Waals surface area contributed by atoms with Crippen LogP contribution in [0.5, 0.6) is 5.75 Å². The van der Waals surface area contributed by atoms with Crippen molar-refractivity contribution in [2.75, 3.05) is 6.61 Å². The van der Waals surface area contributed by atoms with Gasteiger partial charge in [-0.05, 0) is 65.9 Å². The second kappa shape index (κ2) is 7.93. The lowest BCUT2D eigenvalue weighted by Gasteiger charge is -2.27. The minimum Gasteiger partial charge on any atom is -0.435 e. The molecule has 0 saturated carbocycles. The van der Waals surface area contributed by atoms with Gasteiger partial charge in [0.05, 0.1) is 17.0 Å². The average molecular weight is 415 g/mol. The quantitative estimate of drug-likeness (QED) is 0.632. The van der Waals surface area contributed by atoms with Crippen LogP contribution in [0.25, 0.3) is 10.4 Å². The van der Waals surface area contributed by atoms with Gasteiger partial charge in [0.2, 0.25) is 0 Å². The normalized spacial score (nSPS) is 14.6. The standard InChI is InChI=1S/C22H19F2NO3S/c23-21(24)28-17-7-5-14(6-8-17)18-9-10-19(29-18)20(27)25-22(13-26)11-15-3-1-2-4-16(15)12-22/h1-10,21,26H,11-13H2,(H,25,27). The molecule has 0 atom stereocenters. The Morgan fingerprint density at radius 3 is 2.31 bits per heavy atom. The fourth-order valence-electron chi connectivity index (χ4n) is 3.65. The fraction of sp³-hybridized carbons (Fsp3) is 0.227. The molecule has 7 heteroatoms. The number of alkyl halides is 2. The van der Waals surface area contributed by atoms with E-state index >= 15 is 0 Å². The Morgan fingerprint density at radius 2 is 1.72 bits per heavy atom. The molecule has 3 aromatic rings. The molecule has 150 valence electrons. The SMILES string of the molecule is O=C(NC1(CO)Cc2ccccc2C1)c1ccc(-c2ccc(OC(F)F)cc2)s1. The van der Waals surface area contributed by atoms with E-state index in [4.69, 9.17) is 0 Å². The number of amides is 1. The molecule has 0 unspecified atom stereocenters. The van der Waals surface area contributed by atoms with E-state index in [9.17, 15) is 18.7 Å². The van der Waals surface area contributed by atoms with Gasteiger partial charge in [0.25, 0.3) is 5.91 Å². The van der Waals surface area contributed by atoms with E-state index in [2.05, 4.69) is 10.1 Å². The molecule has 1 aromatic heterocycles. The number of halogens is 2. The third-order valence-corrected chi connectivity index (χ3v) is 6.18. The lowest BCUT2D eigenvalue weighted by atomic mass is 9.96. The predicted molar refractivity (Wildman–Crippen MR) is 108 cm³/mol. The van der Waals surface area contributed by atoms with E-state index in [0.717, 1.165) is 21.6 Å². The number of aliphatic hydroxyl groups excluding tert-OH is 1. The van der Waals surface area contributed by atoms with Gasteiger partial charge in [0, 0.05) is 4.88 Å². The maximum absolute atomic E-state index is 12.8. The number of ether oxygens (including phenoxy) is 1. The van der Waals surface area contributed by atoms with E-state index < -0.39 is 12.2 Å². The van der Waals surface area contributed by atoms with Gasteiger partial charge >= 0.3 is 6.61 Å². The van der Waals surface area contributed by atoms with Gasteiger partial charge in [-0.3, -0.25) is 4.79 Å². The van der Waals surface area contributed by atoms with E-state index in [1.807, 2.05) is 30.3 Å². The first-order valence-electron chi connectivity index (χ1n) is 9.13. The van der Waals surface area contributed by atoms with Crippen LogP contribution in [0.15, 0.2) is 60.7 Å². The number of hydrogen-bond acceptors (Lipinski definition) is 4. The summed E-state index contributed by atoms with van der Waals surface area (Å²) in [5.74, 6) is -0.148. The summed E-state index contributed by atoms with van der Waals surface area (Å²) < 4.78 is 28.9. The number of thiophene rings is 1.